The summed E-state index contributed by atoms with van der Waals surface area (Å²) in [5.41, 5.74) is 0. The van der Waals surface area contributed by atoms with Gasteiger partial charge in [-0.25, -0.2) is 0 Å². The molecule has 0 aromatic carbocycles. The van der Waals surface area contributed by atoms with Crippen LogP contribution in [0.3, 0.4) is 0 Å². The Kier molecular flexibility index (Phi) is 16.0. The molecule has 0 radical (unpaired) electrons. The van der Waals surface area contributed by atoms with Crippen LogP contribution in [0.1, 0.15) is 71.1 Å². The predicted molar refractivity (Wildman–Crippen MR) is 77.8 cm³/mol. The van der Waals surface area contributed by atoms with Crippen molar-refractivity contribution in [2.45, 2.75) is 71.1 Å². The molecule has 4 nitrogen and oxygen atoms in total. The third-order valence-electron chi connectivity index (χ3n) is 3.19. The van der Waals surface area contributed by atoms with Gasteiger partial charge in [0.2, 0.25) is 0 Å². The van der Waals surface area contributed by atoms with E-state index in [-0.39, 0.29) is 36.0 Å². The normalized spacial score (nSPS) is 10.2. The molecular formula is C14H27NaO4. The molecule has 0 aromatic rings. The molecule has 0 bridgehead atoms. The van der Waals surface area contributed by atoms with Gasteiger partial charge in [-0.3, -0.25) is 9.59 Å². The second-order valence-corrected chi connectivity index (χ2v) is 4.85. The zero-order valence-electron chi connectivity index (χ0n) is 11.4. The Labute approximate surface area is 138 Å². The SMILES string of the molecule is CCCCCCCCCCCC(C(=O)O)C(=O)O.[NaH]. The molecule has 0 heterocycles. The second kappa shape index (κ2) is 14.4. The van der Waals surface area contributed by atoms with Crippen molar-refractivity contribution in [3.05, 3.63) is 0 Å². The summed E-state index contributed by atoms with van der Waals surface area (Å²) in [7, 11) is 0. The number of unbranched alkanes of at least 4 members (excludes halogenated alkanes) is 8. The number of carbonyl (C=O) groups is 2. The van der Waals surface area contributed by atoms with Crippen LogP contribution in [0, 0.1) is 5.92 Å². The minimum atomic E-state index is -1.23. The Morgan fingerprint density at radius 2 is 1.16 bits per heavy atom. The van der Waals surface area contributed by atoms with Crippen LogP contribution in [0.4, 0.5) is 0 Å². The summed E-state index contributed by atoms with van der Waals surface area (Å²) >= 11 is 0. The molecule has 0 amide bonds. The average molecular weight is 282 g/mol. The molecule has 0 aliphatic heterocycles. The zero-order valence-corrected chi connectivity index (χ0v) is 11.4. The van der Waals surface area contributed by atoms with Crippen molar-refractivity contribution < 1.29 is 19.8 Å². The van der Waals surface area contributed by atoms with Crippen molar-refractivity contribution in [2.24, 2.45) is 5.92 Å². The van der Waals surface area contributed by atoms with Crippen LogP contribution < -0.4 is 0 Å². The molecule has 0 rings (SSSR count). The molecule has 0 aromatic heterocycles. The van der Waals surface area contributed by atoms with Crippen LogP contribution in [0.15, 0.2) is 0 Å². The fourth-order valence-corrected chi connectivity index (χ4v) is 2.01. The first-order chi connectivity index (χ1) is 8.59. The summed E-state index contributed by atoms with van der Waals surface area (Å²) in [4.78, 5) is 21.3. The number of hydrogen-bond acceptors (Lipinski definition) is 2. The minimum absolute atomic E-state index is 0. The van der Waals surface area contributed by atoms with E-state index >= 15 is 0 Å². The Morgan fingerprint density at radius 1 is 0.789 bits per heavy atom. The Bertz CT molecular complexity index is 230. The van der Waals surface area contributed by atoms with Crippen molar-refractivity contribution in [3.63, 3.8) is 0 Å². The number of hydrogen-bond donors (Lipinski definition) is 2. The Balaban J connectivity index is 0. The van der Waals surface area contributed by atoms with Crippen LogP contribution in [0.5, 0.6) is 0 Å². The summed E-state index contributed by atoms with van der Waals surface area (Å²) in [6, 6.07) is 0. The van der Waals surface area contributed by atoms with E-state index < -0.39 is 17.9 Å². The Hall–Kier alpha value is -0.0600. The van der Waals surface area contributed by atoms with Crippen molar-refractivity contribution in [1.82, 2.24) is 0 Å². The van der Waals surface area contributed by atoms with Crippen molar-refractivity contribution in [3.8, 4) is 0 Å². The summed E-state index contributed by atoms with van der Waals surface area (Å²) in [5, 5.41) is 17.4. The van der Waals surface area contributed by atoms with Gasteiger partial charge in [0.1, 0.15) is 0 Å². The fourth-order valence-electron chi connectivity index (χ4n) is 2.01. The molecule has 0 atom stereocenters. The van der Waals surface area contributed by atoms with Gasteiger partial charge in [-0.1, -0.05) is 64.7 Å². The molecule has 108 valence electrons. The number of rotatable bonds is 12. The molecule has 5 heteroatoms. The second-order valence-electron chi connectivity index (χ2n) is 4.85. The quantitative estimate of drug-likeness (QED) is 0.328. The average Bonchev–Trinajstić information content (AvgIpc) is 2.30. The standard InChI is InChI=1S/C14H26O4.Na.H/c1-2-3-4-5-6-7-8-9-10-11-12(13(15)16)14(17)18;;/h12H,2-11H2,1H3,(H,15,16)(H,17,18);;. The van der Waals surface area contributed by atoms with Gasteiger partial charge in [0.15, 0.2) is 5.92 Å². The first-order valence-corrected chi connectivity index (χ1v) is 7.05. The molecule has 0 saturated carbocycles. The van der Waals surface area contributed by atoms with E-state index in [2.05, 4.69) is 6.92 Å². The van der Waals surface area contributed by atoms with Crippen LogP contribution in [0.25, 0.3) is 0 Å². The van der Waals surface area contributed by atoms with Gasteiger partial charge in [-0.15, -0.1) is 0 Å². The topological polar surface area (TPSA) is 74.6 Å². The van der Waals surface area contributed by atoms with Gasteiger partial charge in [0, 0.05) is 0 Å². The summed E-state index contributed by atoms with van der Waals surface area (Å²) in [6.45, 7) is 2.20. The first kappa shape index (κ1) is 21.2. The van der Waals surface area contributed by atoms with Crippen molar-refractivity contribution in [2.75, 3.05) is 0 Å². The number of carboxylic acids is 2. The fraction of sp³-hybridized carbons (Fsp3) is 0.857. The summed E-state index contributed by atoms with van der Waals surface area (Å²) in [6.07, 6.45) is 10.5. The molecule has 0 aliphatic rings. The van der Waals surface area contributed by atoms with E-state index in [9.17, 15) is 9.59 Å². The van der Waals surface area contributed by atoms with Gasteiger partial charge in [-0.2, -0.15) is 0 Å². The first-order valence-electron chi connectivity index (χ1n) is 7.05. The predicted octanol–water partition coefficient (Wildman–Crippen LogP) is 3.04. The monoisotopic (exact) mass is 282 g/mol. The van der Waals surface area contributed by atoms with E-state index in [0.717, 1.165) is 12.8 Å². The number of aliphatic carboxylic acids is 2. The zero-order chi connectivity index (χ0) is 13.8. The maximum absolute atomic E-state index is 10.6. The van der Waals surface area contributed by atoms with E-state index in [1.54, 1.807) is 0 Å². The third kappa shape index (κ3) is 12.7. The van der Waals surface area contributed by atoms with Gasteiger partial charge in [-0.05, 0) is 6.42 Å². The van der Waals surface area contributed by atoms with E-state index in [1.165, 1.54) is 38.5 Å². The number of carboxylic acid groups (broad SMARTS) is 2. The molecule has 0 fully saturated rings. The van der Waals surface area contributed by atoms with Gasteiger partial charge in [0.25, 0.3) is 0 Å². The van der Waals surface area contributed by atoms with E-state index in [1.807, 2.05) is 0 Å². The summed E-state index contributed by atoms with van der Waals surface area (Å²) in [5.74, 6) is -3.67. The van der Waals surface area contributed by atoms with Gasteiger partial charge in [0.05, 0.1) is 0 Å². The van der Waals surface area contributed by atoms with Crippen LogP contribution in [-0.4, -0.2) is 51.7 Å². The molecule has 0 spiro atoms. The molecule has 0 aliphatic carbocycles. The maximum atomic E-state index is 10.6. The van der Waals surface area contributed by atoms with Crippen LogP contribution >= 0.6 is 0 Å². The third-order valence-corrected chi connectivity index (χ3v) is 3.19. The van der Waals surface area contributed by atoms with E-state index in [0.29, 0.717) is 6.42 Å². The van der Waals surface area contributed by atoms with Crippen LogP contribution in [0.2, 0.25) is 0 Å². The van der Waals surface area contributed by atoms with Gasteiger partial charge < -0.3 is 10.2 Å². The van der Waals surface area contributed by atoms with Gasteiger partial charge >= 0.3 is 41.5 Å². The molecule has 19 heavy (non-hydrogen) atoms. The van der Waals surface area contributed by atoms with Crippen molar-refractivity contribution >= 4 is 41.5 Å². The van der Waals surface area contributed by atoms with Crippen molar-refractivity contribution in [1.29, 1.82) is 0 Å². The molecule has 2 N–H and O–H groups in total. The molecular weight excluding hydrogens is 255 g/mol. The molecule has 0 saturated heterocycles. The summed E-state index contributed by atoms with van der Waals surface area (Å²) < 4.78 is 0. The van der Waals surface area contributed by atoms with E-state index in [4.69, 9.17) is 10.2 Å². The Morgan fingerprint density at radius 3 is 1.53 bits per heavy atom. The molecule has 0 unspecified atom stereocenters. The van der Waals surface area contributed by atoms with Crippen LogP contribution in [-0.2, 0) is 9.59 Å².